The van der Waals surface area contributed by atoms with E-state index in [4.69, 9.17) is 17.3 Å². The molecular formula is C8H9ClFN. The minimum Gasteiger partial charge on any atom is -0.323 e. The summed E-state index contributed by atoms with van der Waals surface area (Å²) in [6, 6.07) is 5.98. The number of rotatable bonds is 2. The molecular weight excluding hydrogens is 165 g/mol. The molecule has 60 valence electrons. The predicted octanol–water partition coefficient (Wildman–Crippen LogP) is 2.06. The summed E-state index contributed by atoms with van der Waals surface area (Å²) in [5, 5.41) is 0. The number of hydrogen-bond acceptors (Lipinski definition) is 1. The summed E-state index contributed by atoms with van der Waals surface area (Å²) in [5.74, 6) is -0.0540. The van der Waals surface area contributed by atoms with Crippen molar-refractivity contribution in [2.24, 2.45) is 5.73 Å². The maximum atomic E-state index is 12.9. The first-order valence-corrected chi connectivity index (χ1v) is 3.85. The van der Waals surface area contributed by atoms with Gasteiger partial charge in [0.1, 0.15) is 5.82 Å². The van der Waals surface area contributed by atoms with E-state index in [2.05, 4.69) is 0 Å². The van der Waals surface area contributed by atoms with Crippen molar-refractivity contribution in [1.82, 2.24) is 0 Å². The lowest BCUT2D eigenvalue weighted by Gasteiger charge is -2.07. The van der Waals surface area contributed by atoms with E-state index in [1.54, 1.807) is 18.2 Å². The fourth-order valence-corrected chi connectivity index (χ4v) is 1.03. The van der Waals surface area contributed by atoms with E-state index in [-0.39, 0.29) is 11.7 Å². The number of benzene rings is 1. The minimum atomic E-state index is -0.405. The van der Waals surface area contributed by atoms with Crippen LogP contribution in [0.5, 0.6) is 0 Å². The van der Waals surface area contributed by atoms with Crippen molar-refractivity contribution < 1.29 is 4.39 Å². The zero-order chi connectivity index (χ0) is 8.27. The molecule has 0 radical (unpaired) electrons. The van der Waals surface area contributed by atoms with E-state index in [0.29, 0.717) is 5.56 Å². The molecule has 3 heteroatoms. The topological polar surface area (TPSA) is 26.0 Å². The highest BCUT2D eigenvalue weighted by Crippen LogP contribution is 2.14. The SMILES string of the molecule is N[C@@H](CCl)c1ccccc1F. The summed E-state index contributed by atoms with van der Waals surface area (Å²) in [5.41, 5.74) is 6.00. The Hall–Kier alpha value is -0.600. The van der Waals surface area contributed by atoms with Crippen molar-refractivity contribution in [3.63, 3.8) is 0 Å². The normalized spacial score (nSPS) is 13.0. The lowest BCUT2D eigenvalue weighted by Crippen LogP contribution is -2.13. The van der Waals surface area contributed by atoms with Gasteiger partial charge in [0.15, 0.2) is 0 Å². The maximum Gasteiger partial charge on any atom is 0.128 e. The Morgan fingerprint density at radius 3 is 2.64 bits per heavy atom. The smallest absolute Gasteiger partial charge is 0.128 e. The van der Waals surface area contributed by atoms with E-state index in [1.165, 1.54) is 6.07 Å². The van der Waals surface area contributed by atoms with Gasteiger partial charge >= 0.3 is 0 Å². The van der Waals surface area contributed by atoms with Gasteiger partial charge in [0.25, 0.3) is 0 Å². The molecule has 0 spiro atoms. The van der Waals surface area contributed by atoms with Crippen LogP contribution >= 0.6 is 11.6 Å². The Balaban J connectivity index is 2.93. The summed E-state index contributed by atoms with van der Waals surface area (Å²) in [7, 11) is 0. The van der Waals surface area contributed by atoms with Gasteiger partial charge in [-0.1, -0.05) is 18.2 Å². The Morgan fingerprint density at radius 2 is 2.09 bits per heavy atom. The van der Waals surface area contributed by atoms with Crippen molar-refractivity contribution in [3.05, 3.63) is 35.6 Å². The molecule has 0 saturated heterocycles. The van der Waals surface area contributed by atoms with Crippen molar-refractivity contribution in [2.75, 3.05) is 5.88 Å². The molecule has 0 bridgehead atoms. The second kappa shape index (κ2) is 3.69. The Kier molecular flexibility index (Phi) is 2.85. The van der Waals surface area contributed by atoms with Crippen LogP contribution in [0.1, 0.15) is 11.6 Å². The van der Waals surface area contributed by atoms with Crippen LogP contribution in [-0.4, -0.2) is 5.88 Å². The Bertz CT molecular complexity index is 239. The van der Waals surface area contributed by atoms with E-state index in [9.17, 15) is 4.39 Å². The zero-order valence-electron chi connectivity index (χ0n) is 5.93. The monoisotopic (exact) mass is 173 g/mol. The zero-order valence-corrected chi connectivity index (χ0v) is 6.68. The first-order chi connectivity index (χ1) is 5.25. The largest absolute Gasteiger partial charge is 0.323 e. The predicted molar refractivity (Wildman–Crippen MR) is 44.0 cm³/mol. The third-order valence-corrected chi connectivity index (χ3v) is 1.80. The van der Waals surface area contributed by atoms with Gasteiger partial charge in [-0.15, -0.1) is 11.6 Å². The summed E-state index contributed by atoms with van der Waals surface area (Å²) < 4.78 is 12.9. The third-order valence-electron chi connectivity index (χ3n) is 1.47. The van der Waals surface area contributed by atoms with Crippen molar-refractivity contribution in [2.45, 2.75) is 6.04 Å². The average Bonchev–Trinajstić information content (AvgIpc) is 2.04. The molecule has 0 aromatic heterocycles. The molecule has 0 heterocycles. The number of halogens is 2. The second-order valence-corrected chi connectivity index (χ2v) is 2.59. The highest BCUT2D eigenvalue weighted by molar-refractivity contribution is 6.18. The third kappa shape index (κ3) is 1.91. The van der Waals surface area contributed by atoms with Gasteiger partial charge < -0.3 is 5.73 Å². The average molecular weight is 174 g/mol. The van der Waals surface area contributed by atoms with Gasteiger partial charge in [0.05, 0.1) is 0 Å². The second-order valence-electron chi connectivity index (χ2n) is 2.28. The lowest BCUT2D eigenvalue weighted by atomic mass is 10.1. The minimum absolute atomic E-state index is 0.237. The van der Waals surface area contributed by atoms with E-state index < -0.39 is 6.04 Å². The fraction of sp³-hybridized carbons (Fsp3) is 0.250. The molecule has 0 amide bonds. The summed E-state index contributed by atoms with van der Waals surface area (Å²) in [4.78, 5) is 0. The van der Waals surface area contributed by atoms with Gasteiger partial charge in [-0.2, -0.15) is 0 Å². The molecule has 0 aliphatic rings. The molecule has 11 heavy (non-hydrogen) atoms. The molecule has 2 N–H and O–H groups in total. The van der Waals surface area contributed by atoms with Crippen molar-refractivity contribution in [3.8, 4) is 0 Å². The molecule has 1 atom stereocenters. The van der Waals surface area contributed by atoms with Crippen LogP contribution in [-0.2, 0) is 0 Å². The highest BCUT2D eigenvalue weighted by atomic mass is 35.5. The lowest BCUT2D eigenvalue weighted by molar-refractivity contribution is 0.595. The molecule has 1 nitrogen and oxygen atoms in total. The van der Waals surface area contributed by atoms with Crippen LogP contribution in [0.4, 0.5) is 4.39 Å². The summed E-state index contributed by atoms with van der Waals surface area (Å²) >= 11 is 5.47. The Morgan fingerprint density at radius 1 is 1.45 bits per heavy atom. The molecule has 0 fully saturated rings. The van der Waals surface area contributed by atoms with Crippen LogP contribution in [0, 0.1) is 5.82 Å². The molecule has 0 aliphatic carbocycles. The summed E-state index contributed by atoms with van der Waals surface area (Å²) in [6.07, 6.45) is 0. The van der Waals surface area contributed by atoms with Crippen molar-refractivity contribution >= 4 is 11.6 Å². The number of nitrogens with two attached hydrogens (primary N) is 1. The highest BCUT2D eigenvalue weighted by Gasteiger charge is 2.07. The van der Waals surface area contributed by atoms with Gasteiger partial charge in [-0.25, -0.2) is 4.39 Å². The molecule has 1 aromatic carbocycles. The van der Waals surface area contributed by atoms with Crippen LogP contribution in [0.15, 0.2) is 24.3 Å². The van der Waals surface area contributed by atoms with Crippen LogP contribution < -0.4 is 5.73 Å². The molecule has 0 aliphatic heterocycles. The fourth-order valence-electron chi connectivity index (χ4n) is 0.859. The summed E-state index contributed by atoms with van der Waals surface area (Å²) in [6.45, 7) is 0. The first kappa shape index (κ1) is 8.50. The van der Waals surface area contributed by atoms with Gasteiger partial charge in [0, 0.05) is 17.5 Å². The van der Waals surface area contributed by atoms with E-state index in [0.717, 1.165) is 0 Å². The van der Waals surface area contributed by atoms with Crippen LogP contribution in [0.3, 0.4) is 0 Å². The molecule has 1 rings (SSSR count). The molecule has 0 saturated carbocycles. The first-order valence-electron chi connectivity index (χ1n) is 3.31. The number of hydrogen-bond donors (Lipinski definition) is 1. The number of alkyl halides is 1. The molecule has 1 aromatic rings. The molecule has 0 unspecified atom stereocenters. The standard InChI is InChI=1S/C8H9ClFN/c9-5-8(11)6-3-1-2-4-7(6)10/h1-4,8H,5,11H2/t8-/m0/s1. The van der Waals surface area contributed by atoms with E-state index in [1.807, 2.05) is 0 Å². The van der Waals surface area contributed by atoms with Crippen molar-refractivity contribution in [1.29, 1.82) is 0 Å². The Labute approximate surface area is 70.0 Å². The van der Waals surface area contributed by atoms with Crippen LogP contribution in [0.2, 0.25) is 0 Å². The van der Waals surface area contributed by atoms with Gasteiger partial charge in [-0.3, -0.25) is 0 Å². The van der Waals surface area contributed by atoms with E-state index >= 15 is 0 Å². The van der Waals surface area contributed by atoms with Gasteiger partial charge in [-0.05, 0) is 6.07 Å². The van der Waals surface area contributed by atoms with Crippen LogP contribution in [0.25, 0.3) is 0 Å². The maximum absolute atomic E-state index is 12.9. The quantitative estimate of drug-likeness (QED) is 0.681. The van der Waals surface area contributed by atoms with Gasteiger partial charge in [0.2, 0.25) is 0 Å².